The summed E-state index contributed by atoms with van der Waals surface area (Å²) in [6, 6.07) is 1.40. The summed E-state index contributed by atoms with van der Waals surface area (Å²) in [5.74, 6) is 0.816. The van der Waals surface area contributed by atoms with Crippen LogP contribution < -0.4 is 5.32 Å². The first-order valence-corrected chi connectivity index (χ1v) is 7.87. The number of hydrogen-bond acceptors (Lipinski definition) is 2. The Morgan fingerprint density at radius 2 is 1.94 bits per heavy atom. The molecule has 0 aromatic carbocycles. The molecule has 0 heterocycles. The predicted molar refractivity (Wildman–Crippen MR) is 81.0 cm³/mol. The first-order chi connectivity index (χ1) is 8.39. The zero-order valence-electron chi connectivity index (χ0n) is 13.4. The summed E-state index contributed by atoms with van der Waals surface area (Å²) >= 11 is 0. The Morgan fingerprint density at radius 1 is 1.28 bits per heavy atom. The van der Waals surface area contributed by atoms with Crippen molar-refractivity contribution in [2.24, 2.45) is 11.3 Å². The van der Waals surface area contributed by atoms with Gasteiger partial charge in [0.15, 0.2) is 0 Å². The monoisotopic (exact) mass is 254 g/mol. The van der Waals surface area contributed by atoms with Crippen LogP contribution in [0.3, 0.4) is 0 Å². The molecule has 2 nitrogen and oxygen atoms in total. The molecule has 0 aliphatic heterocycles. The maximum Gasteiger partial charge on any atom is 0.0108 e. The van der Waals surface area contributed by atoms with Crippen LogP contribution in [0.5, 0.6) is 0 Å². The van der Waals surface area contributed by atoms with Crippen molar-refractivity contribution in [3.05, 3.63) is 0 Å². The van der Waals surface area contributed by atoms with Gasteiger partial charge in [0, 0.05) is 18.6 Å². The second-order valence-corrected chi connectivity index (χ2v) is 7.01. The van der Waals surface area contributed by atoms with Crippen molar-refractivity contribution >= 4 is 0 Å². The molecule has 18 heavy (non-hydrogen) atoms. The average Bonchev–Trinajstić information content (AvgIpc) is 2.28. The van der Waals surface area contributed by atoms with Gasteiger partial charge in [-0.1, -0.05) is 27.7 Å². The van der Waals surface area contributed by atoms with E-state index in [4.69, 9.17) is 0 Å². The lowest BCUT2D eigenvalue weighted by Gasteiger charge is -2.43. The molecule has 0 amide bonds. The molecular weight excluding hydrogens is 220 g/mol. The Bertz CT molecular complexity index is 235. The number of nitrogens with zero attached hydrogens (tertiary/aromatic N) is 1. The van der Waals surface area contributed by atoms with Gasteiger partial charge in [0.1, 0.15) is 0 Å². The molecule has 2 unspecified atom stereocenters. The number of hydrogen-bond donors (Lipinski definition) is 1. The van der Waals surface area contributed by atoms with E-state index >= 15 is 0 Å². The van der Waals surface area contributed by atoms with E-state index in [1.807, 2.05) is 0 Å². The highest BCUT2D eigenvalue weighted by Gasteiger charge is 2.35. The van der Waals surface area contributed by atoms with Crippen LogP contribution in [0, 0.1) is 11.3 Å². The van der Waals surface area contributed by atoms with Gasteiger partial charge < -0.3 is 10.2 Å². The fourth-order valence-electron chi connectivity index (χ4n) is 3.47. The topological polar surface area (TPSA) is 15.3 Å². The minimum absolute atomic E-state index is 0.535. The minimum Gasteiger partial charge on any atom is -0.314 e. The number of nitrogens with one attached hydrogen (secondary N) is 1. The van der Waals surface area contributed by atoms with Crippen molar-refractivity contribution in [2.45, 2.75) is 72.9 Å². The SMILES string of the molecule is CCNC1CCC(C)(C)CC1CN(CC)C(C)C. The molecule has 1 aliphatic carbocycles. The zero-order chi connectivity index (χ0) is 13.8. The average molecular weight is 254 g/mol. The fraction of sp³-hybridized carbons (Fsp3) is 1.00. The van der Waals surface area contributed by atoms with E-state index in [9.17, 15) is 0 Å². The van der Waals surface area contributed by atoms with Crippen molar-refractivity contribution in [3.8, 4) is 0 Å². The Kier molecular flexibility index (Phi) is 6.13. The standard InChI is InChI=1S/C16H34N2/c1-7-17-15-9-10-16(5,6)11-14(15)12-18(8-2)13(3)4/h13-15,17H,7-12H2,1-6H3. The molecule has 2 heteroatoms. The van der Waals surface area contributed by atoms with Crippen molar-refractivity contribution in [1.82, 2.24) is 10.2 Å². The lowest BCUT2D eigenvalue weighted by atomic mass is 9.69. The number of rotatable bonds is 6. The molecule has 0 spiro atoms. The molecule has 108 valence electrons. The Labute approximate surface area is 115 Å². The van der Waals surface area contributed by atoms with Gasteiger partial charge in [-0.3, -0.25) is 0 Å². The smallest absolute Gasteiger partial charge is 0.0108 e. The van der Waals surface area contributed by atoms with Crippen LogP contribution in [-0.2, 0) is 0 Å². The second kappa shape index (κ2) is 6.91. The molecule has 1 aliphatic rings. The van der Waals surface area contributed by atoms with Gasteiger partial charge in [0.05, 0.1) is 0 Å². The summed E-state index contributed by atoms with van der Waals surface area (Å²) in [5.41, 5.74) is 0.535. The molecule has 1 saturated carbocycles. The lowest BCUT2D eigenvalue weighted by Crippen LogP contribution is -2.48. The second-order valence-electron chi connectivity index (χ2n) is 7.01. The van der Waals surface area contributed by atoms with E-state index in [1.54, 1.807) is 0 Å². The summed E-state index contributed by atoms with van der Waals surface area (Å²) < 4.78 is 0. The summed E-state index contributed by atoms with van der Waals surface area (Å²) in [7, 11) is 0. The summed E-state index contributed by atoms with van der Waals surface area (Å²) in [5, 5.41) is 3.71. The Balaban J connectivity index is 2.65. The lowest BCUT2D eigenvalue weighted by molar-refractivity contribution is 0.0908. The van der Waals surface area contributed by atoms with Gasteiger partial charge in [-0.05, 0) is 57.5 Å². The van der Waals surface area contributed by atoms with Gasteiger partial charge in [0.2, 0.25) is 0 Å². The van der Waals surface area contributed by atoms with Crippen LogP contribution in [0.15, 0.2) is 0 Å². The highest BCUT2D eigenvalue weighted by atomic mass is 15.1. The summed E-state index contributed by atoms with van der Waals surface area (Å²) in [6.07, 6.45) is 4.09. The van der Waals surface area contributed by atoms with Crippen LogP contribution in [0.25, 0.3) is 0 Å². The van der Waals surface area contributed by atoms with Gasteiger partial charge in [-0.25, -0.2) is 0 Å². The molecule has 0 bridgehead atoms. The normalized spacial score (nSPS) is 28.0. The van der Waals surface area contributed by atoms with Crippen molar-refractivity contribution in [2.75, 3.05) is 19.6 Å². The highest BCUT2D eigenvalue weighted by molar-refractivity contribution is 4.90. The third kappa shape index (κ3) is 4.55. The highest BCUT2D eigenvalue weighted by Crippen LogP contribution is 2.39. The van der Waals surface area contributed by atoms with Crippen molar-refractivity contribution < 1.29 is 0 Å². The van der Waals surface area contributed by atoms with E-state index in [0.29, 0.717) is 11.5 Å². The van der Waals surface area contributed by atoms with Crippen LogP contribution in [-0.4, -0.2) is 36.6 Å². The van der Waals surface area contributed by atoms with Crippen LogP contribution in [0.4, 0.5) is 0 Å². The minimum atomic E-state index is 0.535. The molecule has 0 radical (unpaired) electrons. The maximum absolute atomic E-state index is 3.71. The van der Waals surface area contributed by atoms with E-state index in [2.05, 4.69) is 51.8 Å². The largest absolute Gasteiger partial charge is 0.314 e. The predicted octanol–water partition coefficient (Wildman–Crippen LogP) is 3.52. The quantitative estimate of drug-likeness (QED) is 0.780. The molecule has 1 fully saturated rings. The molecule has 0 aromatic heterocycles. The van der Waals surface area contributed by atoms with E-state index in [1.165, 1.54) is 32.4 Å². The first kappa shape index (κ1) is 16.0. The molecule has 1 rings (SSSR count). The molecule has 1 N–H and O–H groups in total. The zero-order valence-corrected chi connectivity index (χ0v) is 13.4. The Hall–Kier alpha value is -0.0800. The molecular formula is C16H34N2. The van der Waals surface area contributed by atoms with E-state index < -0.39 is 0 Å². The van der Waals surface area contributed by atoms with Crippen LogP contribution in [0.2, 0.25) is 0 Å². The van der Waals surface area contributed by atoms with Crippen LogP contribution >= 0.6 is 0 Å². The van der Waals surface area contributed by atoms with Crippen molar-refractivity contribution in [3.63, 3.8) is 0 Å². The molecule has 2 atom stereocenters. The maximum atomic E-state index is 3.71. The summed E-state index contributed by atoms with van der Waals surface area (Å²) in [4.78, 5) is 2.62. The molecule has 0 saturated heterocycles. The van der Waals surface area contributed by atoms with Gasteiger partial charge >= 0.3 is 0 Å². The van der Waals surface area contributed by atoms with E-state index in [0.717, 1.165) is 18.5 Å². The van der Waals surface area contributed by atoms with Gasteiger partial charge in [0.25, 0.3) is 0 Å². The van der Waals surface area contributed by atoms with Gasteiger partial charge in [-0.15, -0.1) is 0 Å². The van der Waals surface area contributed by atoms with Gasteiger partial charge in [-0.2, -0.15) is 0 Å². The fourth-order valence-corrected chi connectivity index (χ4v) is 3.47. The van der Waals surface area contributed by atoms with Crippen LogP contribution in [0.1, 0.15) is 60.8 Å². The van der Waals surface area contributed by atoms with Crippen molar-refractivity contribution in [1.29, 1.82) is 0 Å². The third-order valence-corrected chi connectivity index (χ3v) is 4.59. The molecule has 0 aromatic rings. The Morgan fingerprint density at radius 3 is 2.44 bits per heavy atom. The van der Waals surface area contributed by atoms with E-state index in [-0.39, 0.29) is 0 Å². The summed E-state index contributed by atoms with van der Waals surface area (Å²) in [6.45, 7) is 17.6. The first-order valence-electron chi connectivity index (χ1n) is 7.87. The third-order valence-electron chi connectivity index (χ3n) is 4.59.